The molecule has 0 spiro atoms. The Kier molecular flexibility index (Phi) is 7.36. The second-order valence-corrected chi connectivity index (χ2v) is 3.72. The summed E-state index contributed by atoms with van der Waals surface area (Å²) in [6, 6.07) is 0.0572. The molecule has 1 amide bonds. The number of nitrogens with two attached hydrogens (primary N) is 1. The largest absolute Gasteiger partial charge is 0.337 e. The minimum absolute atomic E-state index is 0. The first-order valence-electron chi connectivity index (χ1n) is 4.45. The third-order valence-corrected chi connectivity index (χ3v) is 1.76. The van der Waals surface area contributed by atoms with E-state index < -0.39 is 6.04 Å². The average Bonchev–Trinajstić information content (AvgIpc) is 1.85. The molecule has 0 heterocycles. The van der Waals surface area contributed by atoms with Crippen LogP contribution in [0.3, 0.4) is 0 Å². The van der Waals surface area contributed by atoms with Gasteiger partial charge in [0.15, 0.2) is 0 Å². The summed E-state index contributed by atoms with van der Waals surface area (Å²) in [5, 5.41) is 0. The molecule has 0 aromatic rings. The van der Waals surface area contributed by atoms with Crippen LogP contribution in [0.25, 0.3) is 0 Å². The monoisotopic (exact) mass is 206 g/mol. The first-order chi connectivity index (χ1) is 5.37. The van der Waals surface area contributed by atoms with Gasteiger partial charge in [0.1, 0.15) is 0 Å². The second-order valence-electron chi connectivity index (χ2n) is 3.72. The molecule has 3 nitrogen and oxygen atoms in total. The van der Waals surface area contributed by atoms with Crippen LogP contribution in [0, 0.1) is 0 Å². The fourth-order valence-electron chi connectivity index (χ4n) is 1.34. The van der Waals surface area contributed by atoms with Crippen LogP contribution in [0.5, 0.6) is 0 Å². The molecule has 13 heavy (non-hydrogen) atoms. The van der Waals surface area contributed by atoms with E-state index in [0.29, 0.717) is 0 Å². The van der Waals surface area contributed by atoms with Crippen LogP contribution in [0.1, 0.15) is 34.6 Å². The van der Waals surface area contributed by atoms with Crippen molar-refractivity contribution in [2.24, 2.45) is 5.73 Å². The summed E-state index contributed by atoms with van der Waals surface area (Å²) in [6.07, 6.45) is 0. The van der Waals surface area contributed by atoms with E-state index in [1.165, 1.54) is 0 Å². The van der Waals surface area contributed by atoms with E-state index in [2.05, 4.69) is 0 Å². The van der Waals surface area contributed by atoms with Gasteiger partial charge in [0.05, 0.1) is 6.04 Å². The summed E-state index contributed by atoms with van der Waals surface area (Å²) >= 11 is 0. The van der Waals surface area contributed by atoms with E-state index in [0.717, 1.165) is 0 Å². The normalized spacial score (nSPS) is 12.6. The van der Waals surface area contributed by atoms with E-state index in [9.17, 15) is 4.79 Å². The molecule has 2 N–H and O–H groups in total. The van der Waals surface area contributed by atoms with Crippen molar-refractivity contribution in [2.45, 2.75) is 52.7 Å². The fraction of sp³-hybridized carbons (Fsp3) is 0.889. The quantitative estimate of drug-likeness (QED) is 0.751. The minimum atomic E-state index is -0.394. The molecule has 0 aliphatic rings. The maximum absolute atomic E-state index is 11.5. The third kappa shape index (κ3) is 4.52. The molecule has 4 heteroatoms. The van der Waals surface area contributed by atoms with Gasteiger partial charge in [0.2, 0.25) is 5.91 Å². The van der Waals surface area contributed by atoms with Crippen molar-refractivity contribution in [1.82, 2.24) is 4.90 Å². The molecule has 0 fully saturated rings. The maximum atomic E-state index is 11.5. The van der Waals surface area contributed by atoms with E-state index in [1.54, 1.807) is 6.92 Å². The standard InChI is InChI=1S/C9H20N2O.H2S/c1-6(2)11(7(3)4)9(12)8(5)10;/h6-8H,10H2,1-5H3;1H2/t8-;/m0./s1. The van der Waals surface area contributed by atoms with Crippen molar-refractivity contribution in [2.75, 3.05) is 0 Å². The lowest BCUT2D eigenvalue weighted by Crippen LogP contribution is -2.48. The highest BCUT2D eigenvalue weighted by molar-refractivity contribution is 7.59. The van der Waals surface area contributed by atoms with Gasteiger partial charge in [-0.25, -0.2) is 0 Å². The maximum Gasteiger partial charge on any atom is 0.239 e. The summed E-state index contributed by atoms with van der Waals surface area (Å²) in [5.41, 5.74) is 5.52. The summed E-state index contributed by atoms with van der Waals surface area (Å²) in [4.78, 5) is 13.3. The van der Waals surface area contributed by atoms with Gasteiger partial charge in [-0.2, -0.15) is 13.5 Å². The van der Waals surface area contributed by atoms with Crippen molar-refractivity contribution >= 4 is 19.4 Å². The first kappa shape index (κ1) is 15.3. The van der Waals surface area contributed by atoms with Crippen molar-refractivity contribution in [3.05, 3.63) is 0 Å². The first-order valence-corrected chi connectivity index (χ1v) is 4.45. The third-order valence-electron chi connectivity index (χ3n) is 1.76. The molecule has 0 aromatic carbocycles. The SMILES string of the molecule is CC(C)N(C(=O)[C@H](C)N)C(C)C.S. The van der Waals surface area contributed by atoms with Gasteiger partial charge in [-0.15, -0.1) is 0 Å². The Morgan fingerprint density at radius 3 is 1.46 bits per heavy atom. The summed E-state index contributed by atoms with van der Waals surface area (Å²) in [7, 11) is 0. The number of rotatable bonds is 3. The molecule has 0 rings (SSSR count). The minimum Gasteiger partial charge on any atom is -0.337 e. The molecular weight excluding hydrogens is 184 g/mol. The molecule has 0 aliphatic carbocycles. The zero-order chi connectivity index (χ0) is 9.89. The predicted octanol–water partition coefficient (Wildman–Crippen LogP) is 1.09. The van der Waals surface area contributed by atoms with Gasteiger partial charge < -0.3 is 10.6 Å². The van der Waals surface area contributed by atoms with Crippen LogP contribution in [-0.2, 0) is 4.79 Å². The highest BCUT2D eigenvalue weighted by atomic mass is 32.1. The van der Waals surface area contributed by atoms with Crippen LogP contribution in [-0.4, -0.2) is 28.9 Å². The molecule has 0 aliphatic heterocycles. The molecular formula is C9H22N2OS. The molecule has 0 aromatic heterocycles. The number of hydrogen-bond acceptors (Lipinski definition) is 2. The second kappa shape index (κ2) is 6.27. The molecule has 0 radical (unpaired) electrons. The van der Waals surface area contributed by atoms with Gasteiger partial charge >= 0.3 is 0 Å². The number of nitrogens with zero attached hydrogens (tertiary/aromatic N) is 1. The Morgan fingerprint density at radius 2 is 1.38 bits per heavy atom. The van der Waals surface area contributed by atoms with Gasteiger partial charge in [-0.3, -0.25) is 4.79 Å². The number of carbonyl (C=O) groups excluding carboxylic acids is 1. The van der Waals surface area contributed by atoms with Crippen LogP contribution in [0.15, 0.2) is 0 Å². The van der Waals surface area contributed by atoms with Crippen LogP contribution in [0.2, 0.25) is 0 Å². The van der Waals surface area contributed by atoms with E-state index in [1.807, 2.05) is 32.6 Å². The Balaban J connectivity index is 0. The van der Waals surface area contributed by atoms with Crippen LogP contribution >= 0.6 is 13.5 Å². The zero-order valence-corrected chi connectivity index (χ0v) is 10.2. The molecule has 0 saturated carbocycles. The van der Waals surface area contributed by atoms with Crippen molar-refractivity contribution < 1.29 is 4.79 Å². The van der Waals surface area contributed by atoms with E-state index in [-0.39, 0.29) is 31.5 Å². The Bertz CT molecular complexity index is 150. The predicted molar refractivity (Wildman–Crippen MR) is 61.1 cm³/mol. The van der Waals surface area contributed by atoms with Gasteiger partial charge in [0.25, 0.3) is 0 Å². The van der Waals surface area contributed by atoms with Crippen LogP contribution in [0.4, 0.5) is 0 Å². The number of carbonyl (C=O) groups is 1. The van der Waals surface area contributed by atoms with Gasteiger partial charge in [-0.05, 0) is 34.6 Å². The molecule has 1 atom stereocenters. The van der Waals surface area contributed by atoms with Crippen molar-refractivity contribution in [1.29, 1.82) is 0 Å². The Labute approximate surface area is 88.1 Å². The lowest BCUT2D eigenvalue weighted by molar-refractivity contribution is -0.135. The van der Waals surface area contributed by atoms with Gasteiger partial charge in [-0.1, -0.05) is 0 Å². The molecule has 0 unspecified atom stereocenters. The highest BCUT2D eigenvalue weighted by Crippen LogP contribution is 2.06. The van der Waals surface area contributed by atoms with Crippen molar-refractivity contribution in [3.8, 4) is 0 Å². The Hall–Kier alpha value is -0.220. The highest BCUT2D eigenvalue weighted by Gasteiger charge is 2.22. The number of amides is 1. The van der Waals surface area contributed by atoms with Crippen molar-refractivity contribution in [3.63, 3.8) is 0 Å². The number of hydrogen-bond donors (Lipinski definition) is 1. The summed E-state index contributed by atoms with van der Waals surface area (Å²) < 4.78 is 0. The van der Waals surface area contributed by atoms with E-state index >= 15 is 0 Å². The molecule has 0 bridgehead atoms. The Morgan fingerprint density at radius 1 is 1.08 bits per heavy atom. The van der Waals surface area contributed by atoms with Gasteiger partial charge in [0, 0.05) is 12.1 Å². The lowest BCUT2D eigenvalue weighted by Gasteiger charge is -2.32. The van der Waals surface area contributed by atoms with Crippen LogP contribution < -0.4 is 5.73 Å². The lowest BCUT2D eigenvalue weighted by atomic mass is 10.2. The topological polar surface area (TPSA) is 46.3 Å². The molecule has 80 valence electrons. The fourth-order valence-corrected chi connectivity index (χ4v) is 1.34. The van der Waals surface area contributed by atoms with E-state index in [4.69, 9.17) is 5.73 Å². The smallest absolute Gasteiger partial charge is 0.239 e. The summed E-state index contributed by atoms with van der Waals surface area (Å²) in [6.45, 7) is 9.72. The zero-order valence-electron chi connectivity index (χ0n) is 9.16. The average molecular weight is 206 g/mol. The summed E-state index contributed by atoms with van der Waals surface area (Å²) in [5.74, 6) is 0.0278. The molecule has 0 saturated heterocycles.